The molecule has 53 heavy (non-hydrogen) atoms. The maximum absolute atomic E-state index is 2.40. The van der Waals surface area contributed by atoms with Gasteiger partial charge < -0.3 is 9.80 Å². The maximum atomic E-state index is 2.40. The van der Waals surface area contributed by atoms with Gasteiger partial charge in [0.1, 0.15) is 0 Å². The Labute approximate surface area is 317 Å². The Balaban J connectivity index is 1.11. The molecule has 2 heterocycles. The fourth-order valence-electron chi connectivity index (χ4n) is 7.66. The molecular weight excluding hydrogens is 681 g/mol. The average Bonchev–Trinajstić information content (AvgIpc) is 3.77. The third-order valence-electron chi connectivity index (χ3n) is 10.1. The number of benzene rings is 8. The molecule has 0 N–H and O–H groups in total. The van der Waals surface area contributed by atoms with E-state index in [-0.39, 0.29) is 0 Å². The summed E-state index contributed by atoms with van der Waals surface area (Å²) in [6.45, 7) is 2.17. The molecule has 0 spiro atoms. The zero-order chi connectivity index (χ0) is 35.3. The smallest absolute Gasteiger partial charge is 0.0476 e. The van der Waals surface area contributed by atoms with Gasteiger partial charge in [0.05, 0.1) is 0 Å². The highest BCUT2D eigenvalue weighted by Crippen LogP contribution is 2.46. The molecule has 0 aliphatic carbocycles. The lowest BCUT2D eigenvalue weighted by Crippen LogP contribution is -2.09. The van der Waals surface area contributed by atoms with Crippen molar-refractivity contribution in [3.63, 3.8) is 0 Å². The van der Waals surface area contributed by atoms with Gasteiger partial charge in [0.25, 0.3) is 0 Å². The Kier molecular flexibility index (Phi) is 7.79. The van der Waals surface area contributed by atoms with E-state index in [0.29, 0.717) is 0 Å². The second kappa shape index (κ2) is 13.1. The van der Waals surface area contributed by atoms with Crippen molar-refractivity contribution in [1.29, 1.82) is 0 Å². The summed E-state index contributed by atoms with van der Waals surface area (Å²) in [5, 5.41) is 5.15. The molecule has 0 radical (unpaired) electrons. The first-order valence-corrected chi connectivity index (χ1v) is 19.6. The van der Waals surface area contributed by atoms with Gasteiger partial charge in [-0.05, 0) is 109 Å². The van der Waals surface area contributed by atoms with E-state index >= 15 is 0 Å². The largest absolute Gasteiger partial charge is 0.310 e. The van der Waals surface area contributed by atoms with Gasteiger partial charge in [0.2, 0.25) is 0 Å². The minimum Gasteiger partial charge on any atom is -0.310 e. The zero-order valence-corrected chi connectivity index (χ0v) is 30.7. The Bertz CT molecular complexity index is 2870. The van der Waals surface area contributed by atoms with Crippen molar-refractivity contribution in [2.45, 2.75) is 6.92 Å². The standard InChI is InChI=1S/C49H34N2S2/c1-33-13-11-14-34(29-33)41-21-12-22-47-49(41)44-31-39(25-28-46(44)52-47)51(37-19-9-4-10-20-37)40-23-26-42-43-30-38(24-27-45(43)53-48(42)32-40)50(35-15-5-2-6-16-35)36-17-7-3-8-18-36/h2-32H,1H3. The SMILES string of the molecule is Cc1cccc(-c2cccc3sc4ccc(N(c5ccccc5)c5ccc6c(c5)sc5ccc(N(c7ccccc7)c7ccccc7)cc56)cc4c23)c1. The third kappa shape index (κ3) is 5.64. The predicted molar refractivity (Wildman–Crippen MR) is 232 cm³/mol. The van der Waals surface area contributed by atoms with Crippen LogP contribution in [0, 0.1) is 6.92 Å². The Morgan fingerprint density at radius 2 is 0.868 bits per heavy atom. The molecule has 2 nitrogen and oxygen atoms in total. The minimum absolute atomic E-state index is 1.13. The van der Waals surface area contributed by atoms with Crippen LogP contribution in [-0.4, -0.2) is 0 Å². The highest BCUT2D eigenvalue weighted by atomic mass is 32.1. The lowest BCUT2D eigenvalue weighted by molar-refractivity contribution is 1.29. The summed E-state index contributed by atoms with van der Waals surface area (Å²) < 4.78 is 5.16. The number of rotatable bonds is 7. The topological polar surface area (TPSA) is 6.48 Å². The van der Waals surface area contributed by atoms with E-state index in [9.17, 15) is 0 Å². The van der Waals surface area contributed by atoms with Crippen LogP contribution < -0.4 is 9.80 Å². The molecule has 8 aromatic carbocycles. The van der Waals surface area contributed by atoms with Crippen LogP contribution >= 0.6 is 22.7 Å². The van der Waals surface area contributed by atoms with Gasteiger partial charge in [0.15, 0.2) is 0 Å². The van der Waals surface area contributed by atoms with Crippen molar-refractivity contribution in [3.8, 4) is 11.1 Å². The minimum atomic E-state index is 1.13. The molecule has 0 saturated heterocycles. The summed E-state index contributed by atoms with van der Waals surface area (Å²) in [5.41, 5.74) is 10.7. The third-order valence-corrected chi connectivity index (χ3v) is 12.3. The highest BCUT2D eigenvalue weighted by Gasteiger charge is 2.19. The number of fused-ring (bicyclic) bond motifs is 6. The van der Waals surface area contributed by atoms with E-state index < -0.39 is 0 Å². The van der Waals surface area contributed by atoms with Gasteiger partial charge in [0, 0.05) is 74.5 Å². The van der Waals surface area contributed by atoms with Gasteiger partial charge in [-0.3, -0.25) is 0 Å². The van der Waals surface area contributed by atoms with E-state index in [4.69, 9.17) is 0 Å². The molecule has 10 aromatic rings. The van der Waals surface area contributed by atoms with Crippen molar-refractivity contribution in [2.75, 3.05) is 9.80 Å². The number of aryl methyl sites for hydroxylation is 1. The van der Waals surface area contributed by atoms with Crippen molar-refractivity contribution in [2.24, 2.45) is 0 Å². The quantitative estimate of drug-likeness (QED) is 0.162. The van der Waals surface area contributed by atoms with Crippen molar-refractivity contribution in [3.05, 3.63) is 194 Å². The average molecular weight is 715 g/mol. The summed E-state index contributed by atoms with van der Waals surface area (Å²) in [7, 11) is 0. The summed E-state index contributed by atoms with van der Waals surface area (Å²) in [6, 6.07) is 68.4. The van der Waals surface area contributed by atoms with E-state index in [0.717, 1.165) is 34.1 Å². The first-order chi connectivity index (χ1) is 26.2. The summed E-state index contributed by atoms with van der Waals surface area (Å²) in [6.07, 6.45) is 0. The van der Waals surface area contributed by atoms with Crippen molar-refractivity contribution < 1.29 is 0 Å². The molecule has 0 aliphatic heterocycles. The molecule has 0 aliphatic rings. The Hall–Kier alpha value is -6.20. The summed E-state index contributed by atoms with van der Waals surface area (Å²) in [5.74, 6) is 0. The van der Waals surface area contributed by atoms with Crippen molar-refractivity contribution in [1.82, 2.24) is 0 Å². The number of hydrogen-bond acceptors (Lipinski definition) is 4. The van der Waals surface area contributed by atoms with Crippen LogP contribution in [0.1, 0.15) is 5.56 Å². The predicted octanol–water partition coefficient (Wildman–Crippen LogP) is 15.3. The molecule has 2 aromatic heterocycles. The molecule has 0 atom stereocenters. The number of para-hydroxylation sites is 3. The van der Waals surface area contributed by atoms with Crippen LogP contribution in [0.2, 0.25) is 0 Å². The number of nitrogens with zero attached hydrogens (tertiary/aromatic N) is 2. The Morgan fingerprint density at radius 1 is 0.340 bits per heavy atom. The van der Waals surface area contributed by atoms with Crippen molar-refractivity contribution >= 4 is 97.1 Å². The Morgan fingerprint density at radius 3 is 1.51 bits per heavy atom. The summed E-state index contributed by atoms with van der Waals surface area (Å²) in [4.78, 5) is 4.74. The second-order valence-corrected chi connectivity index (χ2v) is 15.6. The number of thiophene rings is 2. The van der Waals surface area contributed by atoms with Crippen LogP contribution in [0.4, 0.5) is 34.1 Å². The lowest BCUT2D eigenvalue weighted by Gasteiger charge is -2.26. The van der Waals surface area contributed by atoms with Crippen LogP contribution in [-0.2, 0) is 0 Å². The van der Waals surface area contributed by atoms with Gasteiger partial charge in [-0.15, -0.1) is 22.7 Å². The summed E-state index contributed by atoms with van der Waals surface area (Å²) >= 11 is 3.73. The molecule has 0 amide bonds. The molecule has 0 saturated carbocycles. The number of anilines is 6. The molecule has 0 bridgehead atoms. The van der Waals surface area contributed by atoms with E-state index in [1.54, 1.807) is 0 Å². The molecule has 0 unspecified atom stereocenters. The van der Waals surface area contributed by atoms with Gasteiger partial charge in [-0.1, -0.05) is 103 Å². The molecular formula is C49H34N2S2. The monoisotopic (exact) mass is 714 g/mol. The molecule has 252 valence electrons. The normalized spacial score (nSPS) is 11.5. The molecule has 0 fully saturated rings. The fraction of sp³-hybridized carbons (Fsp3) is 0.0204. The fourth-order valence-corrected chi connectivity index (χ4v) is 9.90. The lowest BCUT2D eigenvalue weighted by atomic mass is 9.98. The second-order valence-electron chi connectivity index (χ2n) is 13.5. The molecule has 4 heteroatoms. The van der Waals surface area contributed by atoms with E-state index in [1.807, 2.05) is 22.7 Å². The first kappa shape index (κ1) is 31.5. The maximum Gasteiger partial charge on any atom is 0.0476 e. The van der Waals surface area contributed by atoms with E-state index in [2.05, 4.69) is 205 Å². The van der Waals surface area contributed by atoms with Crippen LogP contribution in [0.15, 0.2) is 188 Å². The van der Waals surface area contributed by atoms with Crippen LogP contribution in [0.5, 0.6) is 0 Å². The van der Waals surface area contributed by atoms with Gasteiger partial charge >= 0.3 is 0 Å². The van der Waals surface area contributed by atoms with Crippen LogP contribution in [0.3, 0.4) is 0 Å². The first-order valence-electron chi connectivity index (χ1n) is 17.9. The zero-order valence-electron chi connectivity index (χ0n) is 29.1. The van der Waals surface area contributed by atoms with E-state index in [1.165, 1.54) is 57.0 Å². The van der Waals surface area contributed by atoms with Gasteiger partial charge in [-0.25, -0.2) is 0 Å². The highest BCUT2D eigenvalue weighted by molar-refractivity contribution is 7.26. The van der Waals surface area contributed by atoms with Crippen LogP contribution in [0.25, 0.3) is 51.5 Å². The number of hydrogen-bond donors (Lipinski definition) is 0. The molecule has 10 rings (SSSR count). The van der Waals surface area contributed by atoms with Gasteiger partial charge in [-0.2, -0.15) is 0 Å².